The zero-order valence-electron chi connectivity index (χ0n) is 20.1. The predicted octanol–water partition coefficient (Wildman–Crippen LogP) is 6.50. The topological polar surface area (TPSA) is 95.2 Å². The van der Waals surface area contributed by atoms with E-state index in [0.29, 0.717) is 17.6 Å². The molecule has 4 aromatic heterocycles. The fraction of sp³-hybridized carbons (Fsp3) is 0.143. The number of H-pyrrole nitrogens is 2. The monoisotopic (exact) mass is 477 g/mol. The Morgan fingerprint density at radius 3 is 2.67 bits per heavy atom. The molecule has 0 fully saturated rings. The van der Waals surface area contributed by atoms with Crippen molar-refractivity contribution < 1.29 is 4.39 Å². The molecule has 0 bridgehead atoms. The molecule has 0 atom stereocenters. The SMILES string of the molecule is Cc1cc(F)cc(-c2cccc3[nH]c(-c4n[nH]c5cnc(-c6cncc(NC(C)C)c6)cc45)nc23)c1. The Bertz CT molecular complexity index is 1710. The largest absolute Gasteiger partial charge is 0.382 e. The van der Waals surface area contributed by atoms with Crippen LogP contribution in [0.2, 0.25) is 0 Å². The first-order valence-electron chi connectivity index (χ1n) is 11.8. The van der Waals surface area contributed by atoms with Crippen molar-refractivity contribution in [3.05, 3.63) is 78.5 Å². The number of fused-ring (bicyclic) bond motifs is 2. The third kappa shape index (κ3) is 3.96. The smallest absolute Gasteiger partial charge is 0.159 e. The third-order valence-corrected chi connectivity index (χ3v) is 6.03. The molecule has 6 rings (SSSR count). The lowest BCUT2D eigenvalue weighted by atomic mass is 10.0. The number of benzene rings is 2. The van der Waals surface area contributed by atoms with Gasteiger partial charge in [-0.25, -0.2) is 9.37 Å². The minimum atomic E-state index is -0.266. The standard InChI is InChI=1S/C28H24FN7/c1-15(2)32-20-10-18(12-30-13-20)24-11-22-25(14-31-24)35-36-27(22)28-33-23-6-4-5-21(26(23)34-28)17-7-16(3)8-19(29)9-17/h4-15,32H,1-3H3,(H,33,34)(H,35,36). The lowest BCUT2D eigenvalue weighted by Gasteiger charge is -2.10. The Morgan fingerprint density at radius 2 is 1.83 bits per heavy atom. The molecule has 7 nitrogen and oxygen atoms in total. The lowest BCUT2D eigenvalue weighted by molar-refractivity contribution is 0.627. The number of anilines is 1. The average Bonchev–Trinajstić information content (AvgIpc) is 3.46. The summed E-state index contributed by atoms with van der Waals surface area (Å²) in [4.78, 5) is 17.3. The van der Waals surface area contributed by atoms with Crippen LogP contribution in [0.5, 0.6) is 0 Å². The van der Waals surface area contributed by atoms with Gasteiger partial charge in [-0.05, 0) is 62.2 Å². The Hall–Kier alpha value is -4.59. The molecular weight excluding hydrogens is 453 g/mol. The summed E-state index contributed by atoms with van der Waals surface area (Å²) in [6.07, 6.45) is 5.37. The van der Waals surface area contributed by atoms with E-state index in [1.54, 1.807) is 18.6 Å². The van der Waals surface area contributed by atoms with Crippen molar-refractivity contribution in [3.63, 3.8) is 0 Å². The summed E-state index contributed by atoms with van der Waals surface area (Å²) in [5.41, 5.74) is 8.26. The highest BCUT2D eigenvalue weighted by Crippen LogP contribution is 2.33. The van der Waals surface area contributed by atoms with Crippen LogP contribution in [0.4, 0.5) is 10.1 Å². The highest BCUT2D eigenvalue weighted by molar-refractivity contribution is 5.97. The van der Waals surface area contributed by atoms with Crippen molar-refractivity contribution >= 4 is 27.6 Å². The van der Waals surface area contributed by atoms with Crippen LogP contribution in [-0.2, 0) is 0 Å². The molecular formula is C28H24FN7. The van der Waals surface area contributed by atoms with Crippen molar-refractivity contribution in [2.45, 2.75) is 26.8 Å². The van der Waals surface area contributed by atoms with Crippen molar-refractivity contribution in [2.75, 3.05) is 5.32 Å². The van der Waals surface area contributed by atoms with Gasteiger partial charge < -0.3 is 10.3 Å². The molecule has 0 spiro atoms. The van der Waals surface area contributed by atoms with Crippen LogP contribution in [0.3, 0.4) is 0 Å². The van der Waals surface area contributed by atoms with E-state index in [4.69, 9.17) is 4.98 Å². The van der Waals surface area contributed by atoms with Gasteiger partial charge in [-0.1, -0.05) is 18.2 Å². The second-order valence-corrected chi connectivity index (χ2v) is 9.25. The Labute approximate surface area is 206 Å². The summed E-state index contributed by atoms with van der Waals surface area (Å²) < 4.78 is 14.1. The molecule has 3 N–H and O–H groups in total. The zero-order valence-corrected chi connectivity index (χ0v) is 20.1. The number of rotatable bonds is 5. The van der Waals surface area contributed by atoms with Crippen LogP contribution >= 0.6 is 0 Å². The third-order valence-electron chi connectivity index (χ3n) is 6.03. The summed E-state index contributed by atoms with van der Waals surface area (Å²) in [6.45, 7) is 6.06. The molecule has 0 amide bonds. The molecule has 2 aromatic carbocycles. The molecule has 0 saturated heterocycles. The maximum Gasteiger partial charge on any atom is 0.159 e. The van der Waals surface area contributed by atoms with Gasteiger partial charge in [0.15, 0.2) is 5.82 Å². The summed E-state index contributed by atoms with van der Waals surface area (Å²) in [6, 6.07) is 15.2. The zero-order chi connectivity index (χ0) is 24.8. The maximum atomic E-state index is 14.1. The number of imidazole rings is 1. The van der Waals surface area contributed by atoms with Gasteiger partial charge in [0, 0.05) is 34.9 Å². The molecule has 4 heterocycles. The van der Waals surface area contributed by atoms with E-state index in [0.717, 1.165) is 55.6 Å². The molecule has 36 heavy (non-hydrogen) atoms. The number of aryl methyl sites for hydroxylation is 1. The van der Waals surface area contributed by atoms with Crippen LogP contribution in [0.1, 0.15) is 19.4 Å². The molecule has 8 heteroatoms. The van der Waals surface area contributed by atoms with Crippen LogP contribution < -0.4 is 5.32 Å². The number of aromatic nitrogens is 6. The van der Waals surface area contributed by atoms with E-state index in [9.17, 15) is 4.39 Å². The predicted molar refractivity (Wildman–Crippen MR) is 141 cm³/mol. The van der Waals surface area contributed by atoms with Crippen molar-refractivity contribution in [2.24, 2.45) is 0 Å². The molecule has 0 aliphatic heterocycles. The molecule has 0 aliphatic rings. The number of aromatic amines is 2. The Balaban J connectivity index is 1.45. The highest BCUT2D eigenvalue weighted by Gasteiger charge is 2.17. The van der Waals surface area contributed by atoms with Crippen molar-refractivity contribution in [1.82, 2.24) is 30.1 Å². The van der Waals surface area contributed by atoms with Crippen LogP contribution in [0, 0.1) is 12.7 Å². The van der Waals surface area contributed by atoms with Crippen molar-refractivity contribution in [1.29, 1.82) is 0 Å². The number of hydrogen-bond donors (Lipinski definition) is 3. The Morgan fingerprint density at radius 1 is 0.944 bits per heavy atom. The normalized spacial score (nSPS) is 11.6. The first-order valence-corrected chi connectivity index (χ1v) is 11.8. The van der Waals surface area contributed by atoms with Gasteiger partial charge in [0.1, 0.15) is 11.5 Å². The number of hydrogen-bond acceptors (Lipinski definition) is 5. The van der Waals surface area contributed by atoms with Gasteiger partial charge >= 0.3 is 0 Å². The molecule has 0 aliphatic carbocycles. The van der Waals surface area contributed by atoms with Gasteiger partial charge in [0.2, 0.25) is 0 Å². The van der Waals surface area contributed by atoms with Crippen LogP contribution in [0.15, 0.2) is 67.1 Å². The Kier molecular flexibility index (Phi) is 5.21. The first kappa shape index (κ1) is 21.9. The molecule has 0 saturated carbocycles. The van der Waals surface area contributed by atoms with Gasteiger partial charge in [-0.3, -0.25) is 15.1 Å². The number of para-hydroxylation sites is 1. The van der Waals surface area contributed by atoms with E-state index >= 15 is 0 Å². The molecule has 0 unspecified atom stereocenters. The van der Waals surface area contributed by atoms with Gasteiger partial charge in [-0.2, -0.15) is 5.10 Å². The quantitative estimate of drug-likeness (QED) is 0.263. The second kappa shape index (κ2) is 8.57. The molecule has 178 valence electrons. The minimum Gasteiger partial charge on any atom is -0.382 e. The number of pyridine rings is 2. The van der Waals surface area contributed by atoms with E-state index in [2.05, 4.69) is 44.3 Å². The lowest BCUT2D eigenvalue weighted by Crippen LogP contribution is -2.09. The van der Waals surface area contributed by atoms with Crippen LogP contribution in [-0.4, -0.2) is 36.2 Å². The van der Waals surface area contributed by atoms with E-state index in [1.165, 1.54) is 12.1 Å². The molecule has 0 radical (unpaired) electrons. The highest BCUT2D eigenvalue weighted by atomic mass is 19.1. The maximum absolute atomic E-state index is 14.1. The number of nitrogens with zero attached hydrogens (tertiary/aromatic N) is 4. The minimum absolute atomic E-state index is 0.266. The van der Waals surface area contributed by atoms with Gasteiger partial charge in [0.25, 0.3) is 0 Å². The number of nitrogens with one attached hydrogen (secondary N) is 3. The van der Waals surface area contributed by atoms with E-state index in [1.807, 2.05) is 43.3 Å². The second-order valence-electron chi connectivity index (χ2n) is 9.25. The average molecular weight is 478 g/mol. The summed E-state index contributed by atoms with van der Waals surface area (Å²) in [7, 11) is 0. The van der Waals surface area contributed by atoms with E-state index in [-0.39, 0.29) is 5.82 Å². The number of halogens is 1. The van der Waals surface area contributed by atoms with Gasteiger partial charge in [0.05, 0.1) is 34.1 Å². The summed E-state index contributed by atoms with van der Waals surface area (Å²) in [5.74, 6) is 0.362. The van der Waals surface area contributed by atoms with Gasteiger partial charge in [-0.15, -0.1) is 0 Å². The summed E-state index contributed by atoms with van der Waals surface area (Å²) >= 11 is 0. The molecule has 6 aromatic rings. The van der Waals surface area contributed by atoms with E-state index < -0.39 is 0 Å². The first-order chi connectivity index (χ1) is 17.4. The van der Waals surface area contributed by atoms with Crippen LogP contribution in [0.25, 0.3) is 55.8 Å². The fourth-order valence-electron chi connectivity index (χ4n) is 4.52. The van der Waals surface area contributed by atoms with Crippen molar-refractivity contribution in [3.8, 4) is 33.9 Å². The summed E-state index contributed by atoms with van der Waals surface area (Å²) in [5, 5.41) is 11.9. The fourth-order valence-corrected chi connectivity index (χ4v) is 4.52.